The maximum Gasteiger partial charge on any atom is 0.0230 e. The summed E-state index contributed by atoms with van der Waals surface area (Å²) in [5, 5.41) is 0. The molecular weight excluding hydrogens is 143 g/mol. The van der Waals surface area contributed by atoms with Gasteiger partial charge < -0.3 is 0 Å². The maximum atomic E-state index is 3.03. The zero-order valence-corrected chi connectivity index (χ0v) is 6.87. The van der Waals surface area contributed by atoms with Gasteiger partial charge in [0, 0.05) is 22.2 Å². The molecule has 0 heterocycles. The molecule has 0 aliphatic carbocycles. The predicted octanol–water partition coefficient (Wildman–Crippen LogP) is 2.05. The van der Waals surface area contributed by atoms with Crippen LogP contribution in [0.1, 0.15) is 27.7 Å². The molecule has 0 aromatic carbocycles. The summed E-state index contributed by atoms with van der Waals surface area (Å²) in [5.41, 5.74) is 0.189. The largest absolute Gasteiger partial charge is 0.106 e. The molecule has 0 rings (SSSR count). The Kier molecular flexibility index (Phi) is 5.47. The first-order valence-electron chi connectivity index (χ1n) is 2.50. The van der Waals surface area contributed by atoms with Crippen LogP contribution in [0.3, 0.4) is 0 Å². The van der Waals surface area contributed by atoms with E-state index >= 15 is 0 Å². The molecule has 0 atom stereocenters. The molecule has 8 heavy (non-hydrogen) atoms. The zero-order chi connectivity index (χ0) is 5.91. The SMILES string of the molecule is CC#CC(C)(C)C.[Co]. The van der Waals surface area contributed by atoms with E-state index in [1.165, 1.54) is 0 Å². The molecule has 0 saturated carbocycles. The molecule has 0 nitrogen and oxygen atoms in total. The van der Waals surface area contributed by atoms with E-state index in [1.54, 1.807) is 0 Å². The van der Waals surface area contributed by atoms with Gasteiger partial charge in [0.2, 0.25) is 0 Å². The molecule has 0 fully saturated rings. The zero-order valence-electron chi connectivity index (χ0n) is 5.83. The third-order valence-electron chi connectivity index (χ3n) is 0.500. The van der Waals surface area contributed by atoms with E-state index in [1.807, 2.05) is 6.92 Å². The van der Waals surface area contributed by atoms with Crippen LogP contribution in [0.15, 0.2) is 0 Å². The van der Waals surface area contributed by atoms with Crippen molar-refractivity contribution in [2.45, 2.75) is 27.7 Å². The van der Waals surface area contributed by atoms with Crippen molar-refractivity contribution in [3.8, 4) is 11.8 Å². The van der Waals surface area contributed by atoms with Gasteiger partial charge in [-0.2, -0.15) is 0 Å². The van der Waals surface area contributed by atoms with Crippen molar-refractivity contribution >= 4 is 0 Å². The first-order chi connectivity index (χ1) is 3.06. The van der Waals surface area contributed by atoms with Crippen molar-refractivity contribution in [3.05, 3.63) is 0 Å². The molecule has 1 heteroatoms. The van der Waals surface area contributed by atoms with Gasteiger partial charge in [-0.05, 0) is 27.7 Å². The second-order valence-corrected chi connectivity index (χ2v) is 2.62. The Morgan fingerprint density at radius 1 is 1.12 bits per heavy atom. The molecule has 0 amide bonds. The fourth-order valence-corrected chi connectivity index (χ4v) is 0.375. The van der Waals surface area contributed by atoms with Gasteiger partial charge in [0.1, 0.15) is 0 Å². The Bertz CT molecular complexity index is 97.8. The van der Waals surface area contributed by atoms with E-state index < -0.39 is 0 Å². The Morgan fingerprint density at radius 3 is 1.50 bits per heavy atom. The minimum atomic E-state index is 0. The molecule has 1 radical (unpaired) electrons. The molecule has 0 aliphatic heterocycles. The van der Waals surface area contributed by atoms with Crippen LogP contribution in [0.2, 0.25) is 0 Å². The van der Waals surface area contributed by atoms with E-state index in [0.29, 0.717) is 0 Å². The normalized spacial score (nSPS) is 8.50. The van der Waals surface area contributed by atoms with Crippen LogP contribution in [0.5, 0.6) is 0 Å². The van der Waals surface area contributed by atoms with Gasteiger partial charge in [-0.3, -0.25) is 0 Å². The molecule has 0 aromatic rings. The topological polar surface area (TPSA) is 0 Å². The summed E-state index contributed by atoms with van der Waals surface area (Å²) in [5.74, 6) is 5.89. The minimum Gasteiger partial charge on any atom is -0.106 e. The van der Waals surface area contributed by atoms with Crippen molar-refractivity contribution in [2.24, 2.45) is 5.41 Å². The van der Waals surface area contributed by atoms with Crippen LogP contribution in [-0.4, -0.2) is 0 Å². The Labute approximate surface area is 62.2 Å². The Hall–Kier alpha value is 0.0665. The van der Waals surface area contributed by atoms with Crippen molar-refractivity contribution in [2.75, 3.05) is 0 Å². The fourth-order valence-electron chi connectivity index (χ4n) is 0.375. The first-order valence-corrected chi connectivity index (χ1v) is 2.50. The Morgan fingerprint density at radius 2 is 1.50 bits per heavy atom. The predicted molar refractivity (Wildman–Crippen MR) is 32.9 cm³/mol. The average Bonchev–Trinajstić information content (AvgIpc) is 1.30. The molecule has 0 aromatic heterocycles. The summed E-state index contributed by atoms with van der Waals surface area (Å²) in [6, 6.07) is 0. The van der Waals surface area contributed by atoms with Gasteiger partial charge in [0.05, 0.1) is 0 Å². The summed E-state index contributed by atoms with van der Waals surface area (Å²) in [7, 11) is 0. The second-order valence-electron chi connectivity index (χ2n) is 2.62. The van der Waals surface area contributed by atoms with Crippen LogP contribution in [0.25, 0.3) is 0 Å². The van der Waals surface area contributed by atoms with Crippen molar-refractivity contribution in [1.82, 2.24) is 0 Å². The summed E-state index contributed by atoms with van der Waals surface area (Å²) >= 11 is 0. The van der Waals surface area contributed by atoms with E-state index in [-0.39, 0.29) is 22.2 Å². The molecule has 0 unspecified atom stereocenters. The minimum absolute atomic E-state index is 0. The van der Waals surface area contributed by atoms with Crippen LogP contribution in [0, 0.1) is 17.3 Å². The number of rotatable bonds is 0. The van der Waals surface area contributed by atoms with Gasteiger partial charge >= 0.3 is 0 Å². The van der Waals surface area contributed by atoms with E-state index in [2.05, 4.69) is 32.6 Å². The molecule has 0 bridgehead atoms. The molecule has 0 aliphatic rings. The van der Waals surface area contributed by atoms with Gasteiger partial charge in [-0.15, -0.1) is 5.92 Å². The summed E-state index contributed by atoms with van der Waals surface area (Å²) in [4.78, 5) is 0. The van der Waals surface area contributed by atoms with E-state index in [9.17, 15) is 0 Å². The monoisotopic (exact) mass is 155 g/mol. The van der Waals surface area contributed by atoms with Crippen molar-refractivity contribution in [3.63, 3.8) is 0 Å². The third kappa shape index (κ3) is 9.42. The van der Waals surface area contributed by atoms with E-state index in [0.717, 1.165) is 0 Å². The second kappa shape index (κ2) is 4.00. The first kappa shape index (κ1) is 10.9. The maximum absolute atomic E-state index is 3.03. The molecular formula is C7H12Co. The van der Waals surface area contributed by atoms with Crippen molar-refractivity contribution in [1.29, 1.82) is 0 Å². The number of hydrogen-bond donors (Lipinski definition) is 0. The summed E-state index contributed by atoms with van der Waals surface area (Å²) in [6.45, 7) is 8.17. The van der Waals surface area contributed by atoms with E-state index in [4.69, 9.17) is 0 Å². The summed E-state index contributed by atoms with van der Waals surface area (Å²) < 4.78 is 0. The van der Waals surface area contributed by atoms with Crippen LogP contribution in [0.4, 0.5) is 0 Å². The molecule has 0 N–H and O–H groups in total. The molecule has 49 valence electrons. The quantitative estimate of drug-likeness (QED) is 0.469. The average molecular weight is 155 g/mol. The molecule has 0 saturated heterocycles. The third-order valence-corrected chi connectivity index (χ3v) is 0.500. The van der Waals surface area contributed by atoms with Gasteiger partial charge in [-0.1, -0.05) is 5.92 Å². The van der Waals surface area contributed by atoms with Crippen molar-refractivity contribution < 1.29 is 16.8 Å². The number of hydrogen-bond acceptors (Lipinski definition) is 0. The smallest absolute Gasteiger partial charge is 0.0230 e. The summed E-state index contributed by atoms with van der Waals surface area (Å²) in [6.07, 6.45) is 0. The Balaban J connectivity index is 0. The standard InChI is InChI=1S/C7H12.Co/c1-5-6-7(2,3)4;/h1-4H3;. The van der Waals surface area contributed by atoms with Gasteiger partial charge in [0.25, 0.3) is 0 Å². The van der Waals surface area contributed by atoms with Crippen LogP contribution in [-0.2, 0) is 16.8 Å². The molecule has 0 spiro atoms. The van der Waals surface area contributed by atoms with Gasteiger partial charge in [-0.25, -0.2) is 0 Å². The van der Waals surface area contributed by atoms with Crippen LogP contribution >= 0.6 is 0 Å². The van der Waals surface area contributed by atoms with Crippen LogP contribution < -0.4 is 0 Å². The van der Waals surface area contributed by atoms with Gasteiger partial charge in [0.15, 0.2) is 0 Å². The fraction of sp³-hybridized carbons (Fsp3) is 0.714.